The van der Waals surface area contributed by atoms with Gasteiger partial charge < -0.3 is 0 Å². The van der Waals surface area contributed by atoms with Crippen LogP contribution in [0.25, 0.3) is 33.3 Å². The van der Waals surface area contributed by atoms with Crippen molar-refractivity contribution >= 4 is 10.9 Å². The summed E-state index contributed by atoms with van der Waals surface area (Å²) in [4.78, 5) is 4.84. The van der Waals surface area contributed by atoms with Gasteiger partial charge in [-0.15, -0.1) is 0 Å². The third kappa shape index (κ3) is 2.80. The summed E-state index contributed by atoms with van der Waals surface area (Å²) in [5, 5.41) is 0.847. The van der Waals surface area contributed by atoms with Gasteiger partial charge in [0, 0.05) is 10.9 Å². The van der Waals surface area contributed by atoms with E-state index in [4.69, 9.17) is 4.98 Å². The predicted molar refractivity (Wildman–Crippen MR) is 102 cm³/mol. The van der Waals surface area contributed by atoms with Crippen molar-refractivity contribution < 1.29 is 4.39 Å². The zero-order chi connectivity index (χ0) is 17.4. The van der Waals surface area contributed by atoms with Crippen LogP contribution in [0.3, 0.4) is 0 Å². The number of pyridine rings is 1. The van der Waals surface area contributed by atoms with Gasteiger partial charge in [0.15, 0.2) is 0 Å². The molecule has 25 heavy (non-hydrogen) atoms. The molecule has 0 bridgehead atoms. The molecule has 122 valence electrons. The Kier molecular flexibility index (Phi) is 3.81. The predicted octanol–water partition coefficient (Wildman–Crippen LogP) is 6.32. The molecule has 0 fully saturated rings. The number of aromatic nitrogens is 1. The second-order valence-electron chi connectivity index (χ2n) is 6.35. The largest absolute Gasteiger partial charge is 0.247 e. The maximum atomic E-state index is 13.9. The maximum absolute atomic E-state index is 13.9. The van der Waals surface area contributed by atoms with Gasteiger partial charge in [-0.05, 0) is 48.7 Å². The molecule has 2 heteroatoms. The smallest absolute Gasteiger partial charge is 0.123 e. The Morgan fingerprint density at radius 2 is 1.48 bits per heavy atom. The second-order valence-corrected chi connectivity index (χ2v) is 6.35. The standard InChI is InChI=1S/C23H18FN/c1-15-8-10-18(11-9-15)23-16(2)22(17-6-4-3-5-7-17)20-14-19(24)12-13-21(20)25-23/h3-14H,1-2H3. The van der Waals surface area contributed by atoms with Gasteiger partial charge in [-0.2, -0.15) is 0 Å². The molecule has 0 radical (unpaired) electrons. The van der Waals surface area contributed by atoms with E-state index in [0.717, 1.165) is 38.9 Å². The fourth-order valence-electron chi connectivity index (χ4n) is 3.30. The van der Waals surface area contributed by atoms with Crippen LogP contribution in [0.15, 0.2) is 72.8 Å². The highest BCUT2D eigenvalue weighted by atomic mass is 19.1. The van der Waals surface area contributed by atoms with Crippen molar-refractivity contribution in [2.45, 2.75) is 13.8 Å². The summed E-state index contributed by atoms with van der Waals surface area (Å²) in [6.45, 7) is 4.14. The lowest BCUT2D eigenvalue weighted by molar-refractivity contribution is 0.629. The van der Waals surface area contributed by atoms with Crippen LogP contribution in [0, 0.1) is 19.7 Å². The fourth-order valence-corrected chi connectivity index (χ4v) is 3.30. The van der Waals surface area contributed by atoms with Gasteiger partial charge in [0.1, 0.15) is 5.82 Å². The number of nitrogens with zero attached hydrogens (tertiary/aromatic N) is 1. The van der Waals surface area contributed by atoms with Gasteiger partial charge in [-0.3, -0.25) is 0 Å². The van der Waals surface area contributed by atoms with E-state index in [2.05, 4.69) is 50.2 Å². The number of hydrogen-bond donors (Lipinski definition) is 0. The van der Waals surface area contributed by atoms with E-state index in [9.17, 15) is 4.39 Å². The number of aryl methyl sites for hydroxylation is 1. The molecule has 4 rings (SSSR count). The molecule has 0 N–H and O–H groups in total. The fraction of sp³-hybridized carbons (Fsp3) is 0.0870. The molecule has 0 saturated carbocycles. The van der Waals surface area contributed by atoms with Gasteiger partial charge in [0.05, 0.1) is 11.2 Å². The Morgan fingerprint density at radius 3 is 2.20 bits per heavy atom. The van der Waals surface area contributed by atoms with E-state index in [1.165, 1.54) is 11.6 Å². The Morgan fingerprint density at radius 1 is 0.760 bits per heavy atom. The molecule has 1 nitrogen and oxygen atoms in total. The van der Waals surface area contributed by atoms with Crippen LogP contribution < -0.4 is 0 Å². The summed E-state index contributed by atoms with van der Waals surface area (Å²) < 4.78 is 13.9. The van der Waals surface area contributed by atoms with E-state index in [-0.39, 0.29) is 5.82 Å². The van der Waals surface area contributed by atoms with Gasteiger partial charge in [-0.25, -0.2) is 9.37 Å². The molecule has 0 aliphatic rings. The minimum Gasteiger partial charge on any atom is -0.247 e. The molecule has 1 aromatic heterocycles. The van der Waals surface area contributed by atoms with Gasteiger partial charge in [-0.1, -0.05) is 60.2 Å². The highest BCUT2D eigenvalue weighted by Gasteiger charge is 2.15. The number of fused-ring (bicyclic) bond motifs is 1. The van der Waals surface area contributed by atoms with Gasteiger partial charge in [0.25, 0.3) is 0 Å². The Labute approximate surface area is 146 Å². The Balaban J connectivity index is 2.08. The van der Waals surface area contributed by atoms with E-state index in [1.54, 1.807) is 12.1 Å². The van der Waals surface area contributed by atoms with Crippen LogP contribution in [0.1, 0.15) is 11.1 Å². The lowest BCUT2D eigenvalue weighted by Gasteiger charge is -2.15. The van der Waals surface area contributed by atoms with E-state index in [0.29, 0.717) is 0 Å². The van der Waals surface area contributed by atoms with Gasteiger partial charge in [0.2, 0.25) is 0 Å². The van der Waals surface area contributed by atoms with Crippen molar-refractivity contribution in [1.82, 2.24) is 4.98 Å². The Bertz CT molecular complexity index is 1050. The average molecular weight is 327 g/mol. The van der Waals surface area contributed by atoms with Crippen molar-refractivity contribution in [3.63, 3.8) is 0 Å². The lowest BCUT2D eigenvalue weighted by atomic mass is 9.92. The highest BCUT2D eigenvalue weighted by Crippen LogP contribution is 2.36. The van der Waals surface area contributed by atoms with Crippen LogP contribution in [0.5, 0.6) is 0 Å². The van der Waals surface area contributed by atoms with Crippen molar-refractivity contribution in [3.8, 4) is 22.4 Å². The second kappa shape index (κ2) is 6.14. The molecule has 0 aliphatic carbocycles. The first-order valence-corrected chi connectivity index (χ1v) is 8.36. The first kappa shape index (κ1) is 15.5. The van der Waals surface area contributed by atoms with E-state index < -0.39 is 0 Å². The summed E-state index contributed by atoms with van der Waals surface area (Å²) in [5.74, 6) is -0.242. The first-order chi connectivity index (χ1) is 12.1. The number of hydrogen-bond acceptors (Lipinski definition) is 1. The molecule has 0 aliphatic heterocycles. The van der Waals surface area contributed by atoms with E-state index in [1.807, 2.05) is 18.2 Å². The molecule has 3 aromatic carbocycles. The van der Waals surface area contributed by atoms with Crippen LogP contribution in [0.4, 0.5) is 4.39 Å². The molecule has 1 heterocycles. The molecule has 0 saturated heterocycles. The van der Waals surface area contributed by atoms with Crippen molar-refractivity contribution in [1.29, 1.82) is 0 Å². The summed E-state index contributed by atoms with van der Waals surface area (Å²) >= 11 is 0. The van der Waals surface area contributed by atoms with Crippen LogP contribution >= 0.6 is 0 Å². The number of benzene rings is 3. The minimum absolute atomic E-state index is 0.242. The SMILES string of the molecule is Cc1ccc(-c2nc3ccc(F)cc3c(-c3ccccc3)c2C)cc1. The van der Waals surface area contributed by atoms with Crippen LogP contribution in [0.2, 0.25) is 0 Å². The van der Waals surface area contributed by atoms with Crippen LogP contribution in [-0.4, -0.2) is 4.98 Å². The maximum Gasteiger partial charge on any atom is 0.123 e. The first-order valence-electron chi connectivity index (χ1n) is 8.36. The topological polar surface area (TPSA) is 12.9 Å². The van der Waals surface area contributed by atoms with Crippen molar-refractivity contribution in [3.05, 3.63) is 89.7 Å². The molecule has 4 aromatic rings. The van der Waals surface area contributed by atoms with Crippen LogP contribution in [-0.2, 0) is 0 Å². The Hall–Kier alpha value is -3.00. The molecule has 0 spiro atoms. The quantitative estimate of drug-likeness (QED) is 0.419. The summed E-state index contributed by atoms with van der Waals surface area (Å²) in [7, 11) is 0. The summed E-state index contributed by atoms with van der Waals surface area (Å²) in [6, 6.07) is 23.3. The normalized spacial score (nSPS) is 11.0. The molecular formula is C23H18FN. The zero-order valence-electron chi connectivity index (χ0n) is 14.3. The lowest BCUT2D eigenvalue weighted by Crippen LogP contribution is -1.96. The van der Waals surface area contributed by atoms with E-state index >= 15 is 0 Å². The third-order valence-corrected chi connectivity index (χ3v) is 4.58. The molecule has 0 unspecified atom stereocenters. The average Bonchev–Trinajstić information content (AvgIpc) is 2.63. The summed E-state index contributed by atoms with van der Waals surface area (Å²) in [6.07, 6.45) is 0. The number of rotatable bonds is 2. The summed E-state index contributed by atoms with van der Waals surface area (Å²) in [5.41, 5.74) is 7.22. The molecular weight excluding hydrogens is 309 g/mol. The minimum atomic E-state index is -0.242. The monoisotopic (exact) mass is 327 g/mol. The molecule has 0 atom stereocenters. The van der Waals surface area contributed by atoms with Crippen molar-refractivity contribution in [2.75, 3.05) is 0 Å². The molecule has 0 amide bonds. The zero-order valence-corrected chi connectivity index (χ0v) is 14.3. The third-order valence-electron chi connectivity index (χ3n) is 4.58. The van der Waals surface area contributed by atoms with Crippen molar-refractivity contribution in [2.24, 2.45) is 0 Å². The number of halogens is 1. The highest BCUT2D eigenvalue weighted by molar-refractivity contribution is 5.99. The van der Waals surface area contributed by atoms with Gasteiger partial charge >= 0.3 is 0 Å².